The number of benzene rings is 1. The molecule has 1 aromatic carbocycles. The van der Waals surface area contributed by atoms with Crippen molar-refractivity contribution in [2.45, 2.75) is 25.6 Å². The van der Waals surface area contributed by atoms with Gasteiger partial charge in [0.25, 0.3) is 0 Å². The summed E-state index contributed by atoms with van der Waals surface area (Å²) in [5.74, 6) is -0.0858. The Morgan fingerprint density at radius 1 is 1.24 bits per heavy atom. The Balaban J connectivity index is 3.47. The van der Waals surface area contributed by atoms with Gasteiger partial charge in [-0.2, -0.15) is 13.2 Å². The van der Waals surface area contributed by atoms with E-state index < -0.39 is 17.3 Å². The highest BCUT2D eigenvalue weighted by Crippen LogP contribution is 2.41. The Hall–Kier alpha value is -0.940. The van der Waals surface area contributed by atoms with Crippen molar-refractivity contribution in [1.29, 1.82) is 0 Å². The van der Waals surface area contributed by atoms with Crippen molar-refractivity contribution >= 4 is 11.6 Å². The molecule has 0 fully saturated rings. The fraction of sp³-hybridized carbons (Fsp3) is 0.455. The lowest BCUT2D eigenvalue weighted by atomic mass is 9.95. The van der Waals surface area contributed by atoms with Gasteiger partial charge >= 0.3 is 6.18 Å². The Bertz CT molecular complexity index is 422. The second-order valence-corrected chi connectivity index (χ2v) is 4.50. The van der Waals surface area contributed by atoms with E-state index in [-0.39, 0.29) is 16.3 Å². The number of hydrogen-bond acceptors (Lipinski definition) is 2. The topological polar surface area (TPSA) is 29.5 Å². The lowest BCUT2D eigenvalue weighted by Gasteiger charge is -2.23. The number of halogens is 4. The molecule has 0 amide bonds. The molecule has 0 bridgehead atoms. The van der Waals surface area contributed by atoms with Gasteiger partial charge in [0, 0.05) is 5.56 Å². The second kappa shape index (κ2) is 4.38. The van der Waals surface area contributed by atoms with Crippen LogP contribution < -0.4 is 4.74 Å². The quantitative estimate of drug-likeness (QED) is 0.888. The van der Waals surface area contributed by atoms with Crippen LogP contribution in [0.1, 0.15) is 25.0 Å². The summed E-state index contributed by atoms with van der Waals surface area (Å²) in [6.45, 7) is 2.84. The molecule has 6 heteroatoms. The second-order valence-electron chi connectivity index (χ2n) is 4.09. The zero-order valence-corrected chi connectivity index (χ0v) is 10.3. The number of methoxy groups -OCH3 is 1. The maximum atomic E-state index is 12.5. The summed E-state index contributed by atoms with van der Waals surface area (Å²) in [5.41, 5.74) is -2.16. The number of ether oxygens (including phenoxy) is 1. The zero-order valence-electron chi connectivity index (χ0n) is 9.52. The van der Waals surface area contributed by atoms with Gasteiger partial charge in [0.05, 0.1) is 23.3 Å². The molecule has 0 saturated carbocycles. The van der Waals surface area contributed by atoms with Crippen LogP contribution in [0.5, 0.6) is 5.75 Å². The van der Waals surface area contributed by atoms with Crippen molar-refractivity contribution in [3.05, 3.63) is 28.3 Å². The van der Waals surface area contributed by atoms with Gasteiger partial charge in [-0.15, -0.1) is 0 Å². The van der Waals surface area contributed by atoms with Crippen molar-refractivity contribution in [3.63, 3.8) is 0 Å². The van der Waals surface area contributed by atoms with Crippen LogP contribution in [0.25, 0.3) is 0 Å². The van der Waals surface area contributed by atoms with E-state index in [1.54, 1.807) is 0 Å². The van der Waals surface area contributed by atoms with E-state index in [2.05, 4.69) is 0 Å². The van der Waals surface area contributed by atoms with Crippen LogP contribution in [0.2, 0.25) is 5.02 Å². The predicted octanol–water partition coefficient (Wildman–Crippen LogP) is 3.59. The first-order valence-corrected chi connectivity index (χ1v) is 5.12. The molecule has 0 saturated heterocycles. The van der Waals surface area contributed by atoms with Crippen LogP contribution in [-0.4, -0.2) is 12.2 Å². The number of hydrogen-bond donors (Lipinski definition) is 1. The first kappa shape index (κ1) is 14.1. The van der Waals surface area contributed by atoms with Gasteiger partial charge in [0.15, 0.2) is 0 Å². The standard InChI is InChI=1S/C11H12ClF3O2/c1-10(2,16)9-7(12)4-6(11(13,14)15)5-8(9)17-3/h4-5,16H,1-3H3. The van der Waals surface area contributed by atoms with Crippen molar-refractivity contribution in [3.8, 4) is 5.75 Å². The van der Waals surface area contributed by atoms with E-state index >= 15 is 0 Å². The van der Waals surface area contributed by atoms with Gasteiger partial charge in [-0.1, -0.05) is 11.6 Å². The van der Waals surface area contributed by atoms with Gasteiger partial charge in [0.2, 0.25) is 0 Å². The van der Waals surface area contributed by atoms with E-state index in [1.807, 2.05) is 0 Å². The molecule has 0 aliphatic carbocycles. The molecule has 0 aromatic heterocycles. The monoisotopic (exact) mass is 268 g/mol. The molecule has 17 heavy (non-hydrogen) atoms. The summed E-state index contributed by atoms with van der Waals surface area (Å²) < 4.78 is 42.5. The molecule has 0 aliphatic rings. The fourth-order valence-electron chi connectivity index (χ4n) is 1.50. The zero-order chi connectivity index (χ0) is 13.4. The summed E-state index contributed by atoms with van der Waals surface area (Å²) in [5, 5.41) is 9.65. The highest BCUT2D eigenvalue weighted by Gasteiger charge is 2.34. The Labute approximate surface area is 102 Å². The molecule has 1 rings (SSSR count). The van der Waals surface area contributed by atoms with Gasteiger partial charge < -0.3 is 9.84 Å². The molecular formula is C11H12ClF3O2. The van der Waals surface area contributed by atoms with E-state index in [9.17, 15) is 18.3 Å². The third kappa shape index (κ3) is 3.04. The highest BCUT2D eigenvalue weighted by atomic mass is 35.5. The summed E-state index contributed by atoms with van der Waals surface area (Å²) >= 11 is 5.76. The van der Waals surface area contributed by atoms with Crippen molar-refractivity contribution in [1.82, 2.24) is 0 Å². The third-order valence-corrected chi connectivity index (χ3v) is 2.51. The average Bonchev–Trinajstić information content (AvgIpc) is 2.12. The predicted molar refractivity (Wildman–Crippen MR) is 58.3 cm³/mol. The van der Waals surface area contributed by atoms with Crippen LogP contribution >= 0.6 is 11.6 Å². The summed E-state index contributed by atoms with van der Waals surface area (Å²) in [7, 11) is 1.22. The smallest absolute Gasteiger partial charge is 0.416 e. The molecule has 1 N–H and O–H groups in total. The number of aliphatic hydroxyl groups is 1. The SMILES string of the molecule is COc1cc(C(F)(F)F)cc(Cl)c1C(C)(C)O. The lowest BCUT2D eigenvalue weighted by Crippen LogP contribution is -2.18. The Kier molecular flexibility index (Phi) is 3.64. The molecule has 0 aliphatic heterocycles. The van der Waals surface area contributed by atoms with Crippen LogP contribution in [0, 0.1) is 0 Å². The van der Waals surface area contributed by atoms with Crippen molar-refractivity contribution in [2.75, 3.05) is 7.11 Å². The van der Waals surface area contributed by atoms with E-state index in [0.717, 1.165) is 12.1 Å². The summed E-state index contributed by atoms with van der Waals surface area (Å²) in [4.78, 5) is 0. The Morgan fingerprint density at radius 2 is 1.76 bits per heavy atom. The normalized spacial score (nSPS) is 12.7. The average molecular weight is 269 g/mol. The Morgan fingerprint density at radius 3 is 2.12 bits per heavy atom. The van der Waals surface area contributed by atoms with E-state index in [4.69, 9.17) is 16.3 Å². The molecule has 0 atom stereocenters. The van der Waals surface area contributed by atoms with Crippen LogP contribution in [-0.2, 0) is 11.8 Å². The summed E-state index contributed by atoms with van der Waals surface area (Å²) in [6.07, 6.45) is -4.50. The minimum atomic E-state index is -4.50. The minimum Gasteiger partial charge on any atom is -0.496 e. The molecule has 0 spiro atoms. The largest absolute Gasteiger partial charge is 0.496 e. The maximum Gasteiger partial charge on any atom is 0.416 e. The molecule has 0 unspecified atom stereocenters. The number of alkyl halides is 3. The van der Waals surface area contributed by atoms with E-state index in [0.29, 0.717) is 0 Å². The van der Waals surface area contributed by atoms with Crippen molar-refractivity contribution in [2.24, 2.45) is 0 Å². The van der Waals surface area contributed by atoms with E-state index in [1.165, 1.54) is 21.0 Å². The van der Waals surface area contributed by atoms with Gasteiger partial charge in [-0.25, -0.2) is 0 Å². The van der Waals surface area contributed by atoms with Gasteiger partial charge in [-0.3, -0.25) is 0 Å². The minimum absolute atomic E-state index is 0.0858. The molecule has 2 nitrogen and oxygen atoms in total. The molecule has 0 heterocycles. The molecular weight excluding hydrogens is 257 g/mol. The molecule has 96 valence electrons. The first-order valence-electron chi connectivity index (χ1n) is 4.75. The first-order chi connectivity index (χ1) is 7.57. The maximum absolute atomic E-state index is 12.5. The van der Waals surface area contributed by atoms with Crippen molar-refractivity contribution < 1.29 is 23.0 Å². The third-order valence-electron chi connectivity index (χ3n) is 2.21. The molecule has 0 radical (unpaired) electrons. The van der Waals surface area contributed by atoms with Gasteiger partial charge in [-0.05, 0) is 26.0 Å². The lowest BCUT2D eigenvalue weighted by molar-refractivity contribution is -0.137. The van der Waals surface area contributed by atoms with Crippen LogP contribution in [0.15, 0.2) is 12.1 Å². The van der Waals surface area contributed by atoms with Crippen LogP contribution in [0.4, 0.5) is 13.2 Å². The van der Waals surface area contributed by atoms with Gasteiger partial charge in [0.1, 0.15) is 5.75 Å². The summed E-state index contributed by atoms with van der Waals surface area (Å²) in [6, 6.07) is 1.59. The highest BCUT2D eigenvalue weighted by molar-refractivity contribution is 6.31. The molecule has 1 aromatic rings. The van der Waals surface area contributed by atoms with Crippen LogP contribution in [0.3, 0.4) is 0 Å². The fourth-order valence-corrected chi connectivity index (χ4v) is 1.94. The number of rotatable bonds is 2.